The standard InChI is InChI=1S/C7H6O2/c1-9-6-3-4-2-5(4)7(6)8/h2-3,8H,1H3. The van der Waals surface area contributed by atoms with Crippen LogP contribution in [0, 0.1) is 0 Å². The number of phenols is 1. The van der Waals surface area contributed by atoms with Crippen LogP contribution in [0.15, 0.2) is 12.1 Å². The molecule has 9 heavy (non-hydrogen) atoms. The second kappa shape index (κ2) is 1.21. The lowest BCUT2D eigenvalue weighted by Gasteiger charge is -1.93. The number of ether oxygens (including phenoxy) is 1. The third kappa shape index (κ3) is 0.447. The molecule has 0 heterocycles. The van der Waals surface area contributed by atoms with Crippen molar-refractivity contribution in [3.8, 4) is 22.6 Å². The van der Waals surface area contributed by atoms with Crippen molar-refractivity contribution in [1.82, 2.24) is 0 Å². The molecule has 0 atom stereocenters. The van der Waals surface area contributed by atoms with Crippen LogP contribution < -0.4 is 4.74 Å². The molecule has 2 rings (SSSR count). The van der Waals surface area contributed by atoms with E-state index in [2.05, 4.69) is 0 Å². The molecular weight excluding hydrogens is 116 g/mol. The quantitative estimate of drug-likeness (QED) is 0.619. The number of benzene rings is 1. The van der Waals surface area contributed by atoms with Crippen molar-refractivity contribution >= 4 is 0 Å². The Bertz CT molecular complexity index is 266. The highest BCUT2D eigenvalue weighted by atomic mass is 16.5. The maximum atomic E-state index is 9.13. The van der Waals surface area contributed by atoms with Gasteiger partial charge >= 0.3 is 0 Å². The Morgan fingerprint density at radius 3 is 2.56 bits per heavy atom. The first-order valence-electron chi connectivity index (χ1n) is 2.74. The Morgan fingerprint density at radius 2 is 2.22 bits per heavy atom. The molecule has 0 unspecified atom stereocenters. The fourth-order valence-electron chi connectivity index (χ4n) is 0.942. The Hall–Kier alpha value is -1.18. The van der Waals surface area contributed by atoms with Gasteiger partial charge < -0.3 is 9.84 Å². The fraction of sp³-hybridized carbons (Fsp3) is 0.143. The van der Waals surface area contributed by atoms with Crippen LogP contribution >= 0.6 is 0 Å². The van der Waals surface area contributed by atoms with E-state index in [-0.39, 0.29) is 5.75 Å². The van der Waals surface area contributed by atoms with E-state index in [9.17, 15) is 0 Å². The molecule has 0 amide bonds. The van der Waals surface area contributed by atoms with Crippen molar-refractivity contribution in [2.75, 3.05) is 7.11 Å². The average Bonchev–Trinajstić information content (AvgIpc) is 2.55. The van der Waals surface area contributed by atoms with Gasteiger partial charge in [0.25, 0.3) is 0 Å². The Labute approximate surface area is 52.7 Å². The van der Waals surface area contributed by atoms with E-state index in [1.807, 2.05) is 12.1 Å². The van der Waals surface area contributed by atoms with E-state index in [1.54, 1.807) is 7.11 Å². The SMILES string of the molecule is COc1cc2cc-2c1O. The Morgan fingerprint density at radius 1 is 1.44 bits per heavy atom. The molecule has 0 aromatic heterocycles. The van der Waals surface area contributed by atoms with Gasteiger partial charge in [0.05, 0.1) is 7.11 Å². The summed E-state index contributed by atoms with van der Waals surface area (Å²) >= 11 is 0. The highest BCUT2D eigenvalue weighted by Crippen LogP contribution is 2.50. The van der Waals surface area contributed by atoms with E-state index in [0.717, 1.165) is 11.1 Å². The lowest BCUT2D eigenvalue weighted by molar-refractivity contribution is 0.378. The number of fused-ring (bicyclic) bond motifs is 1. The number of methoxy groups -OCH3 is 1. The molecule has 0 radical (unpaired) electrons. The van der Waals surface area contributed by atoms with Crippen molar-refractivity contribution < 1.29 is 9.84 Å². The van der Waals surface area contributed by atoms with Crippen molar-refractivity contribution in [2.45, 2.75) is 0 Å². The second-order valence-electron chi connectivity index (χ2n) is 2.07. The molecule has 2 aliphatic carbocycles. The molecule has 0 spiro atoms. The van der Waals surface area contributed by atoms with Crippen LogP contribution in [0.5, 0.6) is 11.5 Å². The minimum Gasteiger partial charge on any atom is -0.504 e. The number of hydrogen-bond donors (Lipinski definition) is 1. The molecular formula is C7H6O2. The predicted octanol–water partition coefficient (Wildman–Crippen LogP) is 1.38. The van der Waals surface area contributed by atoms with Gasteiger partial charge in [-0.1, -0.05) is 0 Å². The summed E-state index contributed by atoms with van der Waals surface area (Å²) in [6, 6.07) is 3.74. The zero-order valence-corrected chi connectivity index (χ0v) is 5.01. The van der Waals surface area contributed by atoms with Gasteiger partial charge in [-0.2, -0.15) is 0 Å². The molecule has 46 valence electrons. The minimum atomic E-state index is 0.285. The Kier molecular flexibility index (Phi) is 0.628. The first kappa shape index (κ1) is 4.68. The summed E-state index contributed by atoms with van der Waals surface area (Å²) in [6.07, 6.45) is 0. The summed E-state index contributed by atoms with van der Waals surface area (Å²) in [5, 5.41) is 9.13. The van der Waals surface area contributed by atoms with Crippen molar-refractivity contribution in [2.24, 2.45) is 0 Å². The molecule has 0 bridgehead atoms. The van der Waals surface area contributed by atoms with Crippen molar-refractivity contribution in [3.05, 3.63) is 12.1 Å². The van der Waals surface area contributed by atoms with E-state index < -0.39 is 0 Å². The summed E-state index contributed by atoms with van der Waals surface area (Å²) in [6.45, 7) is 0. The maximum absolute atomic E-state index is 9.13. The summed E-state index contributed by atoms with van der Waals surface area (Å²) < 4.78 is 4.84. The van der Waals surface area contributed by atoms with E-state index >= 15 is 0 Å². The number of hydrogen-bond acceptors (Lipinski definition) is 2. The normalized spacial score (nSPS) is 11.2. The number of aromatic hydroxyl groups is 1. The fourth-order valence-corrected chi connectivity index (χ4v) is 0.942. The van der Waals surface area contributed by atoms with Gasteiger partial charge in [0.1, 0.15) is 0 Å². The predicted molar refractivity (Wildman–Crippen MR) is 33.7 cm³/mol. The smallest absolute Gasteiger partial charge is 0.165 e. The lowest BCUT2D eigenvalue weighted by Crippen LogP contribution is -1.77. The molecule has 2 nitrogen and oxygen atoms in total. The van der Waals surface area contributed by atoms with Crippen LogP contribution in [0.3, 0.4) is 0 Å². The minimum absolute atomic E-state index is 0.285. The summed E-state index contributed by atoms with van der Waals surface area (Å²) in [4.78, 5) is 0. The van der Waals surface area contributed by atoms with Gasteiger partial charge in [-0.3, -0.25) is 0 Å². The van der Waals surface area contributed by atoms with Crippen molar-refractivity contribution in [3.63, 3.8) is 0 Å². The summed E-state index contributed by atoms with van der Waals surface area (Å²) in [5.74, 6) is 0.870. The summed E-state index contributed by atoms with van der Waals surface area (Å²) in [7, 11) is 1.55. The molecule has 0 saturated heterocycles. The zero-order chi connectivity index (χ0) is 6.43. The van der Waals surface area contributed by atoms with E-state index in [4.69, 9.17) is 9.84 Å². The molecule has 0 aliphatic heterocycles. The van der Waals surface area contributed by atoms with Gasteiger partial charge in [-0.25, -0.2) is 0 Å². The molecule has 1 N–H and O–H groups in total. The van der Waals surface area contributed by atoms with E-state index in [0.29, 0.717) is 5.75 Å². The van der Waals surface area contributed by atoms with Crippen LogP contribution in [-0.2, 0) is 0 Å². The average molecular weight is 122 g/mol. The molecule has 0 aromatic carbocycles. The molecule has 2 heteroatoms. The van der Waals surface area contributed by atoms with Gasteiger partial charge in [0.15, 0.2) is 11.5 Å². The zero-order valence-electron chi connectivity index (χ0n) is 5.01. The summed E-state index contributed by atoms with van der Waals surface area (Å²) in [5.41, 5.74) is 2.04. The van der Waals surface area contributed by atoms with Crippen LogP contribution in [0.4, 0.5) is 0 Å². The third-order valence-electron chi connectivity index (χ3n) is 1.52. The number of phenolic OH excluding ortho intramolecular Hbond substituents is 1. The van der Waals surface area contributed by atoms with E-state index in [1.165, 1.54) is 0 Å². The lowest BCUT2D eigenvalue weighted by atomic mass is 10.5. The van der Waals surface area contributed by atoms with Crippen LogP contribution in [-0.4, -0.2) is 12.2 Å². The second-order valence-corrected chi connectivity index (χ2v) is 2.07. The highest BCUT2D eigenvalue weighted by molar-refractivity contribution is 5.90. The van der Waals surface area contributed by atoms with Gasteiger partial charge in [-0.15, -0.1) is 0 Å². The molecule has 0 fully saturated rings. The monoisotopic (exact) mass is 122 g/mol. The van der Waals surface area contributed by atoms with Gasteiger partial charge in [0, 0.05) is 5.56 Å². The molecule has 0 aromatic rings. The van der Waals surface area contributed by atoms with Crippen LogP contribution in [0.1, 0.15) is 0 Å². The van der Waals surface area contributed by atoms with Crippen LogP contribution in [0.25, 0.3) is 11.1 Å². The van der Waals surface area contributed by atoms with Crippen LogP contribution in [0.2, 0.25) is 0 Å². The maximum Gasteiger partial charge on any atom is 0.165 e. The topological polar surface area (TPSA) is 29.5 Å². The van der Waals surface area contributed by atoms with Crippen molar-refractivity contribution in [1.29, 1.82) is 0 Å². The van der Waals surface area contributed by atoms with Gasteiger partial charge in [0.2, 0.25) is 0 Å². The highest BCUT2D eigenvalue weighted by Gasteiger charge is 2.22. The number of rotatable bonds is 1. The first-order chi connectivity index (χ1) is 4.33. The molecule has 2 aliphatic rings. The van der Waals surface area contributed by atoms with Gasteiger partial charge in [-0.05, 0) is 17.7 Å². The first-order valence-corrected chi connectivity index (χ1v) is 2.74. The molecule has 0 saturated carbocycles. The largest absolute Gasteiger partial charge is 0.504 e. The third-order valence-corrected chi connectivity index (χ3v) is 1.52. The Balaban J connectivity index is 2.53.